The number of nitrogens with zero attached hydrogens (tertiary/aromatic N) is 2. The number of amides is 1. The van der Waals surface area contributed by atoms with E-state index in [1.807, 2.05) is 11.9 Å². The SMILES string of the molecule is CCCC1CC(C(=O)NC(C(C)=NO)C2OC(SC)C(O)C(O)C2O)N(C)C1. The van der Waals surface area contributed by atoms with Gasteiger partial charge in [-0.2, -0.15) is 0 Å². The average Bonchev–Trinajstić information content (AvgIpc) is 3.05. The third kappa shape index (κ3) is 4.98. The van der Waals surface area contributed by atoms with Gasteiger partial charge in [0.25, 0.3) is 0 Å². The number of likely N-dealkylation sites (N-methyl/N-ethyl adjacent to an activating group) is 1. The predicted octanol–water partition coefficient (Wildman–Crippen LogP) is -0.388. The van der Waals surface area contributed by atoms with E-state index in [9.17, 15) is 25.3 Å². The Hall–Kier alpha value is -0.910. The second kappa shape index (κ2) is 10.2. The lowest BCUT2D eigenvalue weighted by atomic mass is 9.92. The van der Waals surface area contributed by atoms with Gasteiger partial charge in [-0.1, -0.05) is 18.5 Å². The molecule has 2 saturated heterocycles. The standard InChI is InChI=1S/C18H33N3O6S/c1-5-6-10-7-11(21(3)8-10)17(25)19-12(9(2)20-26)16-14(23)13(22)15(24)18(27-16)28-4/h10-16,18,22-24,26H,5-8H2,1-4H3,(H,19,25). The summed E-state index contributed by atoms with van der Waals surface area (Å²) in [5.74, 6) is 0.206. The van der Waals surface area contributed by atoms with Crippen molar-refractivity contribution in [1.29, 1.82) is 0 Å². The number of nitrogens with one attached hydrogen (secondary N) is 1. The zero-order chi connectivity index (χ0) is 21.0. The molecule has 0 aromatic heterocycles. The molecule has 10 heteroatoms. The Kier molecular flexibility index (Phi) is 8.53. The maximum Gasteiger partial charge on any atom is 0.237 e. The number of oxime groups is 1. The van der Waals surface area contributed by atoms with Crippen molar-refractivity contribution in [3.8, 4) is 0 Å². The van der Waals surface area contributed by atoms with Gasteiger partial charge in [-0.3, -0.25) is 9.69 Å². The van der Waals surface area contributed by atoms with Crippen molar-refractivity contribution >= 4 is 23.4 Å². The molecule has 2 heterocycles. The van der Waals surface area contributed by atoms with E-state index in [1.54, 1.807) is 6.26 Å². The lowest BCUT2D eigenvalue weighted by Gasteiger charge is -2.43. The Morgan fingerprint density at radius 1 is 1.32 bits per heavy atom. The molecule has 0 aromatic rings. The van der Waals surface area contributed by atoms with Crippen LogP contribution in [-0.4, -0.2) is 98.8 Å². The average molecular weight is 420 g/mol. The predicted molar refractivity (Wildman–Crippen MR) is 106 cm³/mol. The summed E-state index contributed by atoms with van der Waals surface area (Å²) in [7, 11) is 1.90. The lowest BCUT2D eigenvalue weighted by molar-refractivity contribution is -0.200. The molecule has 28 heavy (non-hydrogen) atoms. The molecule has 0 saturated carbocycles. The molecular weight excluding hydrogens is 386 g/mol. The van der Waals surface area contributed by atoms with Crippen LogP contribution in [0.2, 0.25) is 0 Å². The van der Waals surface area contributed by atoms with Gasteiger partial charge in [-0.15, -0.1) is 11.8 Å². The first-order valence-corrected chi connectivity index (χ1v) is 11.0. The molecule has 0 radical (unpaired) electrons. The van der Waals surface area contributed by atoms with Crippen molar-refractivity contribution < 1.29 is 30.1 Å². The molecule has 2 fully saturated rings. The maximum atomic E-state index is 12.9. The van der Waals surface area contributed by atoms with Crippen molar-refractivity contribution in [3.63, 3.8) is 0 Å². The summed E-state index contributed by atoms with van der Waals surface area (Å²) >= 11 is 1.18. The van der Waals surface area contributed by atoms with Gasteiger partial charge in [-0.05, 0) is 39.0 Å². The van der Waals surface area contributed by atoms with Gasteiger partial charge >= 0.3 is 0 Å². The number of likely N-dealkylation sites (tertiary alicyclic amines) is 1. The summed E-state index contributed by atoms with van der Waals surface area (Å²) < 4.78 is 5.75. The first-order valence-electron chi connectivity index (χ1n) is 9.66. The van der Waals surface area contributed by atoms with E-state index in [0.717, 1.165) is 25.8 Å². The summed E-state index contributed by atoms with van der Waals surface area (Å²) in [5.41, 5.74) is -0.635. The highest BCUT2D eigenvalue weighted by Gasteiger charge is 2.48. The van der Waals surface area contributed by atoms with E-state index in [4.69, 9.17) is 4.74 Å². The zero-order valence-corrected chi connectivity index (χ0v) is 17.7. The van der Waals surface area contributed by atoms with Gasteiger partial charge in [-0.25, -0.2) is 0 Å². The van der Waals surface area contributed by atoms with Gasteiger partial charge < -0.3 is 30.6 Å². The highest BCUT2D eigenvalue weighted by molar-refractivity contribution is 7.99. The van der Waals surface area contributed by atoms with Crippen LogP contribution in [0.1, 0.15) is 33.1 Å². The quantitative estimate of drug-likeness (QED) is 0.214. The number of hydrogen-bond donors (Lipinski definition) is 5. The minimum atomic E-state index is -1.45. The van der Waals surface area contributed by atoms with Crippen molar-refractivity contribution in [2.75, 3.05) is 19.8 Å². The normalized spacial score (nSPS) is 38.4. The van der Waals surface area contributed by atoms with Crippen LogP contribution in [0.5, 0.6) is 0 Å². The van der Waals surface area contributed by atoms with Gasteiger partial charge in [0.2, 0.25) is 5.91 Å². The Bertz CT molecular complexity index is 563. The summed E-state index contributed by atoms with van der Waals surface area (Å²) in [4.78, 5) is 14.9. The molecule has 0 aromatic carbocycles. The fourth-order valence-electron chi connectivity index (χ4n) is 4.11. The van der Waals surface area contributed by atoms with E-state index < -0.39 is 35.9 Å². The molecule has 162 valence electrons. The fraction of sp³-hybridized carbons (Fsp3) is 0.889. The minimum Gasteiger partial charge on any atom is -0.411 e. The van der Waals surface area contributed by atoms with Gasteiger partial charge in [0, 0.05) is 6.54 Å². The summed E-state index contributed by atoms with van der Waals surface area (Å²) in [6, 6.07) is -1.26. The Morgan fingerprint density at radius 3 is 2.57 bits per heavy atom. The summed E-state index contributed by atoms with van der Waals surface area (Å²) in [6.07, 6.45) is -0.658. The highest BCUT2D eigenvalue weighted by Crippen LogP contribution is 2.30. The molecule has 0 aliphatic carbocycles. The van der Waals surface area contributed by atoms with Crippen LogP contribution >= 0.6 is 11.8 Å². The number of hydrogen-bond acceptors (Lipinski definition) is 9. The van der Waals surface area contributed by atoms with E-state index in [-0.39, 0.29) is 17.7 Å². The molecule has 0 bridgehead atoms. The smallest absolute Gasteiger partial charge is 0.237 e. The molecular formula is C18H33N3O6S. The molecule has 9 nitrogen and oxygen atoms in total. The maximum absolute atomic E-state index is 12.9. The number of carbonyl (C=O) groups excluding carboxylic acids is 1. The third-order valence-corrected chi connectivity index (χ3v) is 6.56. The Labute approximate surface area is 170 Å². The van der Waals surface area contributed by atoms with Crippen LogP contribution in [0.3, 0.4) is 0 Å². The third-order valence-electron chi connectivity index (χ3n) is 5.71. The van der Waals surface area contributed by atoms with Crippen LogP contribution in [-0.2, 0) is 9.53 Å². The first-order chi connectivity index (χ1) is 13.2. The molecule has 5 N–H and O–H groups in total. The monoisotopic (exact) mass is 419 g/mol. The molecule has 8 atom stereocenters. The minimum absolute atomic E-state index is 0.145. The van der Waals surface area contributed by atoms with Gasteiger partial charge in [0.15, 0.2) is 0 Å². The van der Waals surface area contributed by atoms with Crippen molar-refractivity contribution in [2.45, 2.75) is 75.0 Å². The number of ether oxygens (including phenoxy) is 1. The molecule has 2 rings (SSSR count). The molecule has 0 spiro atoms. The first kappa shape index (κ1) is 23.4. The fourth-order valence-corrected chi connectivity index (χ4v) is 4.79. The Morgan fingerprint density at radius 2 is 2.00 bits per heavy atom. The van der Waals surface area contributed by atoms with Crippen LogP contribution in [0.15, 0.2) is 5.16 Å². The molecule has 2 aliphatic heterocycles. The van der Waals surface area contributed by atoms with Crippen LogP contribution in [0.25, 0.3) is 0 Å². The van der Waals surface area contributed by atoms with Crippen LogP contribution in [0.4, 0.5) is 0 Å². The number of aliphatic hydroxyl groups is 3. The summed E-state index contributed by atoms with van der Waals surface area (Å²) in [6.45, 7) is 4.46. The van der Waals surface area contributed by atoms with E-state index >= 15 is 0 Å². The number of aliphatic hydroxyl groups excluding tert-OH is 3. The topological polar surface area (TPSA) is 135 Å². The van der Waals surface area contributed by atoms with Crippen molar-refractivity contribution in [2.24, 2.45) is 11.1 Å². The van der Waals surface area contributed by atoms with Crippen LogP contribution < -0.4 is 5.32 Å². The van der Waals surface area contributed by atoms with E-state index in [1.165, 1.54) is 18.7 Å². The Balaban J connectivity index is 2.17. The second-order valence-corrected chi connectivity index (χ2v) is 8.69. The summed E-state index contributed by atoms with van der Waals surface area (Å²) in [5, 5.41) is 45.9. The largest absolute Gasteiger partial charge is 0.411 e. The lowest BCUT2D eigenvalue weighted by Crippen LogP contribution is -2.65. The highest BCUT2D eigenvalue weighted by atomic mass is 32.2. The zero-order valence-electron chi connectivity index (χ0n) is 16.9. The molecule has 8 unspecified atom stereocenters. The number of carbonyl (C=O) groups is 1. The van der Waals surface area contributed by atoms with Gasteiger partial charge in [0.05, 0.1) is 17.8 Å². The van der Waals surface area contributed by atoms with Crippen LogP contribution in [0, 0.1) is 5.92 Å². The molecule has 1 amide bonds. The van der Waals surface area contributed by atoms with Gasteiger partial charge in [0.1, 0.15) is 29.9 Å². The number of rotatable bonds is 7. The molecule has 2 aliphatic rings. The van der Waals surface area contributed by atoms with Crippen molar-refractivity contribution in [3.05, 3.63) is 0 Å². The van der Waals surface area contributed by atoms with E-state index in [2.05, 4.69) is 17.4 Å². The van der Waals surface area contributed by atoms with E-state index in [0.29, 0.717) is 5.92 Å². The number of thioether (sulfide) groups is 1. The second-order valence-electron chi connectivity index (χ2n) is 7.75. The van der Waals surface area contributed by atoms with Crippen molar-refractivity contribution in [1.82, 2.24) is 10.2 Å².